The van der Waals surface area contributed by atoms with E-state index in [-0.39, 0.29) is 0 Å². The summed E-state index contributed by atoms with van der Waals surface area (Å²) in [4.78, 5) is 16.5. The molecular formula is C23H34N7. The Balaban J connectivity index is 1.49. The molecule has 2 aliphatic rings. The van der Waals surface area contributed by atoms with Gasteiger partial charge in [0, 0.05) is 24.3 Å². The zero-order valence-electron chi connectivity index (χ0n) is 18.0. The molecule has 161 valence electrons. The number of likely N-dealkylation sites (N-methyl/N-ethyl adjacent to an activating group) is 1. The second-order valence-electron chi connectivity index (χ2n) is 8.36. The third kappa shape index (κ3) is 5.81. The molecule has 0 spiro atoms. The number of hydrogen-bond acceptors (Lipinski definition) is 7. The highest BCUT2D eigenvalue weighted by Gasteiger charge is 2.23. The first-order chi connectivity index (χ1) is 14.8. The number of hydrogen-bond donors (Lipinski definition) is 3. The summed E-state index contributed by atoms with van der Waals surface area (Å²) in [5.74, 6) is 1.85. The van der Waals surface area contributed by atoms with Crippen molar-refractivity contribution in [3.8, 4) is 0 Å². The molecule has 1 aliphatic carbocycles. The monoisotopic (exact) mass is 408 g/mol. The van der Waals surface area contributed by atoms with Crippen molar-refractivity contribution >= 4 is 23.5 Å². The maximum absolute atomic E-state index is 4.70. The van der Waals surface area contributed by atoms with Crippen molar-refractivity contribution in [2.45, 2.75) is 70.4 Å². The molecule has 4 rings (SSSR count). The number of nitrogens with one attached hydrogen (secondary N) is 3. The standard InChI is InChI=1S/C23H34N7/c1-2-30-16-10-15-20(30)17-24-21-27-22(25-18-11-6-3-4-7-12-18)29-23(28-21)26-19-13-8-5-9-14-19/h8-9,13-14,18,20H,2-4,6-7,10-12,15-17H2,1H3,(H3,24,25,26,27,28,29). The third-order valence-electron chi connectivity index (χ3n) is 6.20. The Morgan fingerprint density at radius 3 is 2.43 bits per heavy atom. The van der Waals surface area contributed by atoms with Crippen molar-refractivity contribution in [3.63, 3.8) is 0 Å². The molecule has 1 aromatic heterocycles. The van der Waals surface area contributed by atoms with Gasteiger partial charge in [-0.15, -0.1) is 0 Å². The molecule has 1 unspecified atom stereocenters. The second kappa shape index (κ2) is 10.6. The topological polar surface area (TPSA) is 78.0 Å². The first-order valence-corrected chi connectivity index (χ1v) is 11.5. The van der Waals surface area contributed by atoms with Crippen LogP contribution in [0.2, 0.25) is 0 Å². The number of nitrogens with zero attached hydrogens (tertiary/aromatic N) is 4. The van der Waals surface area contributed by atoms with Gasteiger partial charge in [0.2, 0.25) is 17.8 Å². The van der Waals surface area contributed by atoms with Crippen LogP contribution in [0.15, 0.2) is 24.3 Å². The molecular weight excluding hydrogens is 374 g/mol. The van der Waals surface area contributed by atoms with Gasteiger partial charge >= 0.3 is 0 Å². The van der Waals surface area contributed by atoms with E-state index in [0.29, 0.717) is 29.9 Å². The number of benzene rings is 1. The van der Waals surface area contributed by atoms with Crippen LogP contribution in [0.4, 0.5) is 23.5 Å². The number of rotatable bonds is 8. The molecule has 7 nitrogen and oxygen atoms in total. The molecule has 3 N–H and O–H groups in total. The average Bonchev–Trinajstić information content (AvgIpc) is 3.08. The minimum atomic E-state index is 0.437. The number of anilines is 4. The van der Waals surface area contributed by atoms with Gasteiger partial charge in [0.25, 0.3) is 0 Å². The quantitative estimate of drug-likeness (QED) is 0.557. The first-order valence-electron chi connectivity index (χ1n) is 11.5. The second-order valence-corrected chi connectivity index (χ2v) is 8.36. The summed E-state index contributed by atoms with van der Waals surface area (Å²) < 4.78 is 0. The van der Waals surface area contributed by atoms with Crippen molar-refractivity contribution < 1.29 is 0 Å². The Morgan fingerprint density at radius 2 is 1.67 bits per heavy atom. The Kier molecular flexibility index (Phi) is 7.34. The molecule has 30 heavy (non-hydrogen) atoms. The molecule has 1 aliphatic heterocycles. The van der Waals surface area contributed by atoms with Crippen LogP contribution in [-0.2, 0) is 0 Å². The number of likely N-dealkylation sites (tertiary alicyclic amines) is 1. The summed E-state index contributed by atoms with van der Waals surface area (Å²) in [6, 6.07) is 11.7. The van der Waals surface area contributed by atoms with Gasteiger partial charge in [-0.2, -0.15) is 15.0 Å². The predicted molar refractivity (Wildman–Crippen MR) is 122 cm³/mol. The van der Waals surface area contributed by atoms with Crippen LogP contribution in [0.1, 0.15) is 58.3 Å². The van der Waals surface area contributed by atoms with E-state index >= 15 is 0 Å². The SMILES string of the molecule is CCN1CCCC1CNc1nc(Nc2cc[c]cc2)nc(NC2CCCCCC2)n1. The van der Waals surface area contributed by atoms with E-state index in [2.05, 4.69) is 43.8 Å². The Hall–Kier alpha value is -2.41. The molecule has 7 heteroatoms. The van der Waals surface area contributed by atoms with Crippen LogP contribution >= 0.6 is 0 Å². The summed E-state index contributed by atoms with van der Waals surface area (Å²) in [5.41, 5.74) is 0.944. The average molecular weight is 409 g/mol. The summed E-state index contributed by atoms with van der Waals surface area (Å²) in [6.45, 7) is 5.37. The van der Waals surface area contributed by atoms with E-state index in [0.717, 1.165) is 18.8 Å². The fourth-order valence-electron chi connectivity index (χ4n) is 4.53. The molecule has 0 bridgehead atoms. The Bertz CT molecular complexity index is 774. The lowest BCUT2D eigenvalue weighted by molar-refractivity contribution is 0.277. The van der Waals surface area contributed by atoms with E-state index in [1.165, 1.54) is 57.9 Å². The van der Waals surface area contributed by atoms with E-state index in [9.17, 15) is 0 Å². The van der Waals surface area contributed by atoms with Gasteiger partial charge in [-0.1, -0.05) is 44.7 Å². The van der Waals surface area contributed by atoms with Gasteiger partial charge in [0.15, 0.2) is 0 Å². The summed E-state index contributed by atoms with van der Waals surface area (Å²) >= 11 is 0. The molecule has 1 atom stereocenters. The summed E-state index contributed by atoms with van der Waals surface area (Å²) in [5, 5.41) is 10.4. The van der Waals surface area contributed by atoms with E-state index < -0.39 is 0 Å². The van der Waals surface area contributed by atoms with Crippen LogP contribution in [0, 0.1) is 6.07 Å². The van der Waals surface area contributed by atoms with Crippen LogP contribution in [0.5, 0.6) is 0 Å². The zero-order chi connectivity index (χ0) is 20.6. The molecule has 1 saturated carbocycles. The van der Waals surface area contributed by atoms with Gasteiger partial charge in [-0.25, -0.2) is 0 Å². The highest BCUT2D eigenvalue weighted by molar-refractivity contribution is 5.55. The molecule has 1 aromatic carbocycles. The van der Waals surface area contributed by atoms with Gasteiger partial charge in [0.1, 0.15) is 0 Å². The van der Waals surface area contributed by atoms with Crippen LogP contribution < -0.4 is 16.0 Å². The highest BCUT2D eigenvalue weighted by Crippen LogP contribution is 2.22. The van der Waals surface area contributed by atoms with E-state index in [1.807, 2.05) is 24.3 Å². The van der Waals surface area contributed by atoms with Crippen molar-refractivity contribution in [1.82, 2.24) is 19.9 Å². The Labute approximate surface area is 180 Å². The molecule has 1 radical (unpaired) electrons. The van der Waals surface area contributed by atoms with Gasteiger partial charge in [-0.05, 0) is 57.0 Å². The van der Waals surface area contributed by atoms with Crippen LogP contribution in [0.3, 0.4) is 0 Å². The lowest BCUT2D eigenvalue weighted by atomic mass is 10.1. The van der Waals surface area contributed by atoms with Gasteiger partial charge in [-0.3, -0.25) is 4.90 Å². The summed E-state index contributed by atoms with van der Waals surface area (Å²) in [7, 11) is 0. The van der Waals surface area contributed by atoms with Crippen molar-refractivity contribution in [2.24, 2.45) is 0 Å². The normalized spacial score (nSPS) is 20.6. The highest BCUT2D eigenvalue weighted by atomic mass is 15.3. The maximum Gasteiger partial charge on any atom is 0.233 e. The van der Waals surface area contributed by atoms with Gasteiger partial charge in [0.05, 0.1) is 0 Å². The summed E-state index contributed by atoms with van der Waals surface area (Å²) in [6.07, 6.45) is 10.1. The molecule has 2 heterocycles. The fraction of sp³-hybridized carbons (Fsp3) is 0.609. The smallest absolute Gasteiger partial charge is 0.233 e. The lowest BCUT2D eigenvalue weighted by Gasteiger charge is -2.23. The molecule has 2 aromatic rings. The van der Waals surface area contributed by atoms with Crippen LogP contribution in [0.25, 0.3) is 0 Å². The van der Waals surface area contributed by atoms with Gasteiger partial charge < -0.3 is 16.0 Å². The number of aromatic nitrogens is 3. The lowest BCUT2D eigenvalue weighted by Crippen LogP contribution is -2.35. The fourth-order valence-corrected chi connectivity index (χ4v) is 4.53. The van der Waals surface area contributed by atoms with Crippen molar-refractivity contribution in [2.75, 3.05) is 35.6 Å². The molecule has 0 amide bonds. The van der Waals surface area contributed by atoms with Crippen molar-refractivity contribution in [3.05, 3.63) is 30.3 Å². The first kappa shape index (κ1) is 20.8. The predicted octanol–water partition coefficient (Wildman–Crippen LogP) is 4.45. The van der Waals surface area contributed by atoms with Crippen LogP contribution in [-0.4, -0.2) is 51.6 Å². The maximum atomic E-state index is 4.70. The molecule has 1 saturated heterocycles. The van der Waals surface area contributed by atoms with E-state index in [4.69, 9.17) is 4.98 Å². The third-order valence-corrected chi connectivity index (χ3v) is 6.20. The Morgan fingerprint density at radius 1 is 0.933 bits per heavy atom. The molecule has 2 fully saturated rings. The largest absolute Gasteiger partial charge is 0.352 e. The minimum absolute atomic E-state index is 0.437. The zero-order valence-corrected chi connectivity index (χ0v) is 18.0. The van der Waals surface area contributed by atoms with E-state index in [1.54, 1.807) is 0 Å². The minimum Gasteiger partial charge on any atom is -0.352 e. The van der Waals surface area contributed by atoms with Crippen molar-refractivity contribution in [1.29, 1.82) is 0 Å².